The van der Waals surface area contributed by atoms with Crippen LogP contribution in [0.25, 0.3) is 0 Å². The Balaban J connectivity index is 1.80. The molecule has 27 heavy (non-hydrogen) atoms. The van der Waals surface area contributed by atoms with Crippen molar-refractivity contribution in [2.45, 2.75) is 39.5 Å². The number of carbonyl (C=O) groups is 2. The van der Waals surface area contributed by atoms with Crippen molar-refractivity contribution in [3.8, 4) is 0 Å². The second kappa shape index (κ2) is 8.55. The van der Waals surface area contributed by atoms with Crippen molar-refractivity contribution < 1.29 is 14.7 Å². The van der Waals surface area contributed by atoms with E-state index in [-0.39, 0.29) is 24.3 Å². The predicted molar refractivity (Wildman–Crippen MR) is 105 cm³/mol. The van der Waals surface area contributed by atoms with E-state index < -0.39 is 5.97 Å². The van der Waals surface area contributed by atoms with Crippen molar-refractivity contribution in [3.63, 3.8) is 0 Å². The Morgan fingerprint density at radius 3 is 2.89 bits per heavy atom. The van der Waals surface area contributed by atoms with Crippen LogP contribution in [0, 0.1) is 18.8 Å². The van der Waals surface area contributed by atoms with E-state index >= 15 is 0 Å². The molecule has 1 aromatic carbocycles. The van der Waals surface area contributed by atoms with Crippen molar-refractivity contribution in [1.82, 2.24) is 10.2 Å². The monoisotopic (exact) mass is 371 g/mol. The fraction of sp³-hybridized carbons (Fsp3) is 0.571. The summed E-state index contributed by atoms with van der Waals surface area (Å²) in [6.45, 7) is 6.56. The molecule has 1 aromatic rings. The third-order valence-corrected chi connectivity index (χ3v) is 5.66. The smallest absolute Gasteiger partial charge is 0.317 e. The Hall–Kier alpha value is -2.37. The van der Waals surface area contributed by atoms with Gasteiger partial charge >= 0.3 is 12.0 Å². The number of fused-ring (bicyclic) bond motifs is 1. The molecule has 0 radical (unpaired) electrons. The number of nitrogens with one attached hydrogen (secondary N) is 1. The zero-order valence-electron chi connectivity index (χ0n) is 16.2. The minimum absolute atomic E-state index is 0.0573. The van der Waals surface area contributed by atoms with Crippen LogP contribution in [0.5, 0.6) is 0 Å². The molecule has 0 saturated carbocycles. The number of aryl methyl sites for hydroxylation is 1. The minimum Gasteiger partial charge on any atom is -0.481 e. The lowest BCUT2D eigenvalue weighted by Gasteiger charge is -2.38. The molecule has 2 atom stereocenters. The number of likely N-dealkylation sites (tertiary alicyclic amines) is 1. The van der Waals surface area contributed by atoms with Crippen LogP contribution in [0.4, 0.5) is 4.79 Å². The molecule has 0 aliphatic carbocycles. The summed E-state index contributed by atoms with van der Waals surface area (Å²) in [5.41, 5.74) is 4.79. The molecular formula is C21H29N3O3. The molecule has 0 aromatic heterocycles. The molecule has 2 aliphatic rings. The Morgan fingerprint density at radius 2 is 2.15 bits per heavy atom. The molecular weight excluding hydrogens is 342 g/mol. The summed E-state index contributed by atoms with van der Waals surface area (Å²) in [7, 11) is 0. The number of hydrogen-bond acceptors (Lipinski definition) is 3. The fourth-order valence-corrected chi connectivity index (χ4v) is 4.25. The molecule has 2 N–H and O–H groups in total. The average molecular weight is 371 g/mol. The number of amides is 2. The second-order valence-electron chi connectivity index (χ2n) is 7.63. The molecule has 6 heteroatoms. The summed E-state index contributed by atoms with van der Waals surface area (Å²) in [5.74, 6) is -0.577. The molecule has 3 rings (SSSR count). The van der Waals surface area contributed by atoms with Crippen LogP contribution in [0.1, 0.15) is 42.9 Å². The number of piperidine rings is 1. The lowest BCUT2D eigenvalue weighted by molar-refractivity contribution is -0.138. The van der Waals surface area contributed by atoms with Gasteiger partial charge < -0.3 is 15.3 Å². The van der Waals surface area contributed by atoms with E-state index in [2.05, 4.69) is 30.4 Å². The number of hydrogen-bond donors (Lipinski definition) is 2. The van der Waals surface area contributed by atoms with Gasteiger partial charge in [0, 0.05) is 38.3 Å². The maximum atomic E-state index is 12.3. The zero-order chi connectivity index (χ0) is 19.4. The molecule has 2 unspecified atom stereocenters. The van der Waals surface area contributed by atoms with E-state index in [9.17, 15) is 14.7 Å². The summed E-state index contributed by atoms with van der Waals surface area (Å²) in [6, 6.07) is 6.44. The molecule has 0 spiro atoms. The van der Waals surface area contributed by atoms with Crippen LogP contribution < -0.4 is 5.32 Å². The number of aliphatic imine (C=N–C) groups is 1. The van der Waals surface area contributed by atoms with Gasteiger partial charge in [-0.3, -0.25) is 9.79 Å². The van der Waals surface area contributed by atoms with Gasteiger partial charge in [-0.25, -0.2) is 4.79 Å². The molecule has 2 aliphatic heterocycles. The molecule has 6 nitrogen and oxygen atoms in total. The van der Waals surface area contributed by atoms with Gasteiger partial charge in [-0.05, 0) is 62.1 Å². The highest BCUT2D eigenvalue weighted by Gasteiger charge is 2.34. The van der Waals surface area contributed by atoms with Gasteiger partial charge in [0.1, 0.15) is 0 Å². The molecule has 146 valence electrons. The zero-order valence-corrected chi connectivity index (χ0v) is 16.2. The quantitative estimate of drug-likeness (QED) is 0.835. The lowest BCUT2D eigenvalue weighted by atomic mass is 9.78. The van der Waals surface area contributed by atoms with Gasteiger partial charge in [-0.15, -0.1) is 0 Å². The first-order valence-electron chi connectivity index (χ1n) is 9.85. The standard InChI is InChI=1S/C21H29N3O3/c1-3-22-21(27)24-9-7-16(12-20(25)26)17(13-24)11-19-18-10-14(2)4-5-15(18)6-8-23-19/h4-5,10,16-17H,3,6-9,11-13H2,1-2H3,(H,22,27)(H,25,26). The summed E-state index contributed by atoms with van der Waals surface area (Å²) >= 11 is 0. The highest BCUT2D eigenvalue weighted by Crippen LogP contribution is 2.32. The first-order valence-corrected chi connectivity index (χ1v) is 9.85. The second-order valence-corrected chi connectivity index (χ2v) is 7.63. The minimum atomic E-state index is -0.765. The third kappa shape index (κ3) is 4.67. The van der Waals surface area contributed by atoms with Gasteiger partial charge in [0.25, 0.3) is 0 Å². The number of rotatable bonds is 5. The highest BCUT2D eigenvalue weighted by atomic mass is 16.4. The Kier molecular flexibility index (Phi) is 6.14. The number of aliphatic carboxylic acids is 1. The van der Waals surface area contributed by atoms with Crippen molar-refractivity contribution in [3.05, 3.63) is 34.9 Å². The number of carbonyl (C=O) groups excluding carboxylic acids is 1. The van der Waals surface area contributed by atoms with Crippen LogP contribution in [0.3, 0.4) is 0 Å². The van der Waals surface area contributed by atoms with E-state index in [1.165, 1.54) is 16.7 Å². The van der Waals surface area contributed by atoms with E-state index in [0.717, 1.165) is 31.5 Å². The van der Waals surface area contributed by atoms with Crippen molar-refractivity contribution in [2.75, 3.05) is 26.2 Å². The molecule has 1 saturated heterocycles. The van der Waals surface area contributed by atoms with Crippen LogP contribution in [0.2, 0.25) is 0 Å². The first kappa shape index (κ1) is 19.4. The normalized spacial score (nSPS) is 22.0. The number of urea groups is 1. The number of benzene rings is 1. The molecule has 2 amide bonds. The SMILES string of the molecule is CCNC(=O)N1CCC(CC(=O)O)C(CC2=NCCc3ccc(C)cc32)C1. The van der Waals surface area contributed by atoms with Gasteiger partial charge in [-0.2, -0.15) is 0 Å². The maximum absolute atomic E-state index is 12.3. The van der Waals surface area contributed by atoms with Gasteiger partial charge in [0.05, 0.1) is 0 Å². The lowest BCUT2D eigenvalue weighted by Crippen LogP contribution is -2.48. The Labute approximate surface area is 160 Å². The van der Waals surface area contributed by atoms with E-state index in [1.54, 1.807) is 0 Å². The topological polar surface area (TPSA) is 82.0 Å². The van der Waals surface area contributed by atoms with Crippen molar-refractivity contribution in [1.29, 1.82) is 0 Å². The molecule has 1 fully saturated rings. The molecule has 0 bridgehead atoms. The van der Waals surface area contributed by atoms with E-state index in [4.69, 9.17) is 4.99 Å². The Morgan fingerprint density at radius 1 is 1.33 bits per heavy atom. The van der Waals surface area contributed by atoms with Crippen LogP contribution in [-0.4, -0.2) is 53.9 Å². The predicted octanol–water partition coefficient (Wildman–Crippen LogP) is 2.87. The van der Waals surface area contributed by atoms with Gasteiger partial charge in [0.2, 0.25) is 0 Å². The van der Waals surface area contributed by atoms with Crippen LogP contribution in [-0.2, 0) is 11.2 Å². The summed E-state index contributed by atoms with van der Waals surface area (Å²) in [5, 5.41) is 12.2. The van der Waals surface area contributed by atoms with Gasteiger partial charge in [-0.1, -0.05) is 17.7 Å². The van der Waals surface area contributed by atoms with E-state index in [0.29, 0.717) is 19.6 Å². The maximum Gasteiger partial charge on any atom is 0.317 e. The summed E-state index contributed by atoms with van der Waals surface area (Å²) in [6.07, 6.45) is 2.56. The van der Waals surface area contributed by atoms with Crippen LogP contribution >= 0.6 is 0 Å². The summed E-state index contributed by atoms with van der Waals surface area (Å²) in [4.78, 5) is 30.2. The van der Waals surface area contributed by atoms with Crippen molar-refractivity contribution in [2.24, 2.45) is 16.8 Å². The van der Waals surface area contributed by atoms with Crippen molar-refractivity contribution >= 4 is 17.7 Å². The molecule has 2 heterocycles. The fourth-order valence-electron chi connectivity index (χ4n) is 4.25. The summed E-state index contributed by atoms with van der Waals surface area (Å²) < 4.78 is 0. The number of carboxylic acid groups (broad SMARTS) is 1. The first-order chi connectivity index (χ1) is 13.0. The third-order valence-electron chi connectivity index (χ3n) is 5.66. The van der Waals surface area contributed by atoms with Gasteiger partial charge in [0.15, 0.2) is 0 Å². The van der Waals surface area contributed by atoms with E-state index in [1.807, 2.05) is 11.8 Å². The average Bonchev–Trinajstić information content (AvgIpc) is 2.63. The highest BCUT2D eigenvalue weighted by molar-refractivity contribution is 6.03. The number of nitrogens with zero attached hydrogens (tertiary/aromatic N) is 2. The number of carboxylic acids is 1. The largest absolute Gasteiger partial charge is 0.481 e. The van der Waals surface area contributed by atoms with Crippen LogP contribution in [0.15, 0.2) is 23.2 Å². The Bertz CT molecular complexity index is 744.